The molecule has 0 radical (unpaired) electrons. The molecule has 1 amide bonds. The summed E-state index contributed by atoms with van der Waals surface area (Å²) in [6.45, 7) is 3.83. The Morgan fingerprint density at radius 1 is 1.52 bits per heavy atom. The molecule has 0 saturated heterocycles. The van der Waals surface area contributed by atoms with Gasteiger partial charge in [-0.05, 0) is 39.3 Å². The van der Waals surface area contributed by atoms with Crippen molar-refractivity contribution >= 4 is 5.91 Å². The van der Waals surface area contributed by atoms with Gasteiger partial charge in [0.25, 0.3) is 5.56 Å². The molecule has 1 fully saturated rings. The van der Waals surface area contributed by atoms with Crippen LogP contribution < -0.4 is 10.9 Å². The number of rotatable bonds is 5. The van der Waals surface area contributed by atoms with Crippen LogP contribution >= 0.6 is 0 Å². The fourth-order valence-corrected chi connectivity index (χ4v) is 2.02. The van der Waals surface area contributed by atoms with Crippen LogP contribution in [0.15, 0.2) is 4.79 Å². The topological polar surface area (TPSA) is 91.0 Å². The molecule has 0 unspecified atom stereocenters. The molecular weight excluding hydrogens is 270 g/mol. The van der Waals surface area contributed by atoms with Gasteiger partial charge in [0.05, 0.1) is 18.9 Å². The van der Waals surface area contributed by atoms with E-state index in [1.807, 2.05) is 6.07 Å². The van der Waals surface area contributed by atoms with Gasteiger partial charge in [0.2, 0.25) is 5.91 Å². The quantitative estimate of drug-likeness (QED) is 0.817. The minimum absolute atomic E-state index is 0.0580. The molecule has 1 aliphatic carbocycles. The Bertz CT molecular complexity index is 655. The van der Waals surface area contributed by atoms with Crippen molar-refractivity contribution in [3.8, 4) is 6.07 Å². The largest absolute Gasteiger partial charge is 0.352 e. The van der Waals surface area contributed by atoms with E-state index in [9.17, 15) is 9.59 Å². The fraction of sp³-hybridized carbons (Fsp3) is 0.571. The number of carbonyl (C=O) groups excluding carboxylic acids is 1. The first-order valence-corrected chi connectivity index (χ1v) is 6.88. The zero-order valence-electron chi connectivity index (χ0n) is 12.5. The van der Waals surface area contributed by atoms with Crippen LogP contribution in [0.3, 0.4) is 0 Å². The highest BCUT2D eigenvalue weighted by molar-refractivity contribution is 5.78. The molecule has 0 bridgehead atoms. The number of aromatic nitrogens is 2. The molecule has 1 heterocycles. The van der Waals surface area contributed by atoms with Crippen molar-refractivity contribution in [2.75, 3.05) is 13.6 Å². The summed E-state index contributed by atoms with van der Waals surface area (Å²) < 4.78 is 1.23. The molecule has 0 spiro atoms. The van der Waals surface area contributed by atoms with Crippen LogP contribution in [-0.2, 0) is 11.5 Å². The Balaban J connectivity index is 2.08. The predicted molar refractivity (Wildman–Crippen MR) is 76.5 cm³/mol. The zero-order valence-corrected chi connectivity index (χ0v) is 12.5. The standard InChI is InChI=1S/C14H19N5O2/c1-9-10(2)17-19(14(21)12(9)6-15)8-18(3)7-13(20)16-11-4-5-11/h11H,4-5,7-8H2,1-3H3,(H,16,20). The van der Waals surface area contributed by atoms with Crippen LogP contribution in [0, 0.1) is 25.2 Å². The maximum atomic E-state index is 12.1. The molecule has 2 rings (SSSR count). The van der Waals surface area contributed by atoms with E-state index < -0.39 is 5.56 Å². The smallest absolute Gasteiger partial charge is 0.286 e. The van der Waals surface area contributed by atoms with Gasteiger partial charge in [-0.1, -0.05) is 0 Å². The highest BCUT2D eigenvalue weighted by Crippen LogP contribution is 2.18. The second kappa shape index (κ2) is 6.06. The minimum atomic E-state index is -0.421. The first-order valence-electron chi connectivity index (χ1n) is 6.88. The summed E-state index contributed by atoms with van der Waals surface area (Å²) in [5, 5.41) is 16.1. The van der Waals surface area contributed by atoms with Crippen molar-refractivity contribution in [3.63, 3.8) is 0 Å². The van der Waals surface area contributed by atoms with E-state index in [1.165, 1.54) is 4.68 Å². The molecule has 7 heteroatoms. The first-order chi connectivity index (χ1) is 9.92. The molecule has 1 saturated carbocycles. The maximum absolute atomic E-state index is 12.1. The molecule has 0 atom stereocenters. The molecule has 21 heavy (non-hydrogen) atoms. The van der Waals surface area contributed by atoms with Crippen molar-refractivity contribution in [2.24, 2.45) is 0 Å². The van der Waals surface area contributed by atoms with Gasteiger partial charge in [0.15, 0.2) is 0 Å². The van der Waals surface area contributed by atoms with Crippen molar-refractivity contribution in [2.45, 2.75) is 39.4 Å². The number of likely N-dealkylation sites (N-methyl/N-ethyl adjacent to an activating group) is 1. The third-order valence-electron chi connectivity index (χ3n) is 3.48. The molecule has 1 N–H and O–H groups in total. The van der Waals surface area contributed by atoms with E-state index in [2.05, 4.69) is 10.4 Å². The van der Waals surface area contributed by atoms with E-state index in [1.54, 1.807) is 25.8 Å². The lowest BCUT2D eigenvalue weighted by Gasteiger charge is -2.17. The summed E-state index contributed by atoms with van der Waals surface area (Å²) in [6.07, 6.45) is 2.08. The number of nitriles is 1. The second-order valence-electron chi connectivity index (χ2n) is 5.50. The average Bonchev–Trinajstić information content (AvgIpc) is 3.20. The minimum Gasteiger partial charge on any atom is -0.352 e. The molecule has 0 aromatic carbocycles. The van der Waals surface area contributed by atoms with Gasteiger partial charge in [0, 0.05) is 6.04 Å². The van der Waals surface area contributed by atoms with Crippen molar-refractivity contribution in [1.82, 2.24) is 20.0 Å². The van der Waals surface area contributed by atoms with Crippen LogP contribution in [0.4, 0.5) is 0 Å². The number of amides is 1. The molecule has 112 valence electrons. The lowest BCUT2D eigenvalue weighted by molar-refractivity contribution is -0.122. The van der Waals surface area contributed by atoms with E-state index in [-0.39, 0.29) is 24.7 Å². The predicted octanol–water partition coefficient (Wildman–Crippen LogP) is -0.100. The summed E-state index contributed by atoms with van der Waals surface area (Å²) in [6, 6.07) is 2.24. The molecule has 7 nitrogen and oxygen atoms in total. The molecule has 1 aromatic heterocycles. The molecule has 1 aromatic rings. The highest BCUT2D eigenvalue weighted by Gasteiger charge is 2.23. The molecular formula is C14H19N5O2. The van der Waals surface area contributed by atoms with Gasteiger partial charge in [-0.2, -0.15) is 10.4 Å². The van der Waals surface area contributed by atoms with Crippen molar-refractivity contribution < 1.29 is 4.79 Å². The SMILES string of the molecule is Cc1nn(CN(C)CC(=O)NC2CC2)c(=O)c(C#N)c1C. The normalized spacial score (nSPS) is 14.0. The number of hydrogen-bond donors (Lipinski definition) is 1. The molecule has 1 aliphatic rings. The van der Waals surface area contributed by atoms with Crippen LogP contribution in [0.5, 0.6) is 0 Å². The zero-order chi connectivity index (χ0) is 15.6. The third kappa shape index (κ3) is 3.67. The summed E-state index contributed by atoms with van der Waals surface area (Å²) in [7, 11) is 1.74. The summed E-state index contributed by atoms with van der Waals surface area (Å²) in [5.41, 5.74) is 0.934. The number of hydrogen-bond acceptors (Lipinski definition) is 5. The Morgan fingerprint density at radius 3 is 2.76 bits per heavy atom. The average molecular weight is 289 g/mol. The van der Waals surface area contributed by atoms with E-state index in [4.69, 9.17) is 5.26 Å². The van der Waals surface area contributed by atoms with Gasteiger partial charge in [-0.25, -0.2) is 4.68 Å². The van der Waals surface area contributed by atoms with Crippen LogP contribution in [0.25, 0.3) is 0 Å². The Labute approximate surface area is 123 Å². The number of aryl methyl sites for hydroxylation is 1. The van der Waals surface area contributed by atoms with Crippen molar-refractivity contribution in [1.29, 1.82) is 5.26 Å². The number of nitrogens with one attached hydrogen (secondary N) is 1. The molecule has 0 aliphatic heterocycles. The van der Waals surface area contributed by atoms with E-state index >= 15 is 0 Å². The Kier molecular flexibility index (Phi) is 4.38. The number of carbonyl (C=O) groups is 1. The van der Waals surface area contributed by atoms with Crippen LogP contribution in [-0.4, -0.2) is 40.2 Å². The Morgan fingerprint density at radius 2 is 2.19 bits per heavy atom. The van der Waals surface area contributed by atoms with E-state index in [0.29, 0.717) is 17.3 Å². The first kappa shape index (κ1) is 15.2. The van der Waals surface area contributed by atoms with Crippen LogP contribution in [0.1, 0.15) is 29.7 Å². The van der Waals surface area contributed by atoms with Gasteiger partial charge in [-0.15, -0.1) is 0 Å². The van der Waals surface area contributed by atoms with E-state index in [0.717, 1.165) is 12.8 Å². The van der Waals surface area contributed by atoms with Crippen molar-refractivity contribution in [3.05, 3.63) is 27.2 Å². The maximum Gasteiger partial charge on any atom is 0.286 e. The summed E-state index contributed by atoms with van der Waals surface area (Å²) in [5.74, 6) is -0.0580. The lowest BCUT2D eigenvalue weighted by atomic mass is 10.1. The van der Waals surface area contributed by atoms with Gasteiger partial charge >= 0.3 is 0 Å². The van der Waals surface area contributed by atoms with Crippen LogP contribution in [0.2, 0.25) is 0 Å². The van der Waals surface area contributed by atoms with Gasteiger partial charge < -0.3 is 5.32 Å². The number of nitrogens with zero attached hydrogens (tertiary/aromatic N) is 4. The van der Waals surface area contributed by atoms with Gasteiger partial charge in [0.1, 0.15) is 11.6 Å². The summed E-state index contributed by atoms with van der Waals surface area (Å²) >= 11 is 0. The van der Waals surface area contributed by atoms with Gasteiger partial charge in [-0.3, -0.25) is 14.5 Å². The highest BCUT2D eigenvalue weighted by atomic mass is 16.2. The third-order valence-corrected chi connectivity index (χ3v) is 3.48. The second-order valence-corrected chi connectivity index (χ2v) is 5.50. The lowest BCUT2D eigenvalue weighted by Crippen LogP contribution is -2.40. The monoisotopic (exact) mass is 289 g/mol. The fourth-order valence-electron chi connectivity index (χ4n) is 2.02. The Hall–Kier alpha value is -2.20. The summed E-state index contributed by atoms with van der Waals surface area (Å²) in [4.78, 5) is 25.5.